The van der Waals surface area contributed by atoms with Crippen LogP contribution in [0.2, 0.25) is 0 Å². The largest absolute Gasteiger partial charge is 0.433 e. The minimum atomic E-state index is -4.45. The molecule has 0 saturated heterocycles. The molecule has 0 unspecified atom stereocenters. The molecule has 0 spiro atoms. The summed E-state index contributed by atoms with van der Waals surface area (Å²) in [5.41, 5.74) is 5.11. The molecule has 0 atom stereocenters. The smallest absolute Gasteiger partial charge is 0.389 e. The molecule has 0 aromatic carbocycles. The van der Waals surface area contributed by atoms with Gasteiger partial charge in [-0.15, -0.1) is 0 Å². The number of hydrogen-bond donors (Lipinski definition) is 1. The highest BCUT2D eigenvalue weighted by molar-refractivity contribution is 7.80. The number of rotatable bonds is 2. The molecule has 2 N–H and O–H groups in total. The third-order valence-electron chi connectivity index (χ3n) is 2.42. The number of nitrogens with zero attached hydrogens (tertiary/aromatic N) is 1. The van der Waals surface area contributed by atoms with Gasteiger partial charge in [-0.1, -0.05) is 12.2 Å². The van der Waals surface area contributed by atoms with E-state index in [1.54, 1.807) is 6.07 Å². The Morgan fingerprint density at radius 2 is 2.00 bits per heavy atom. The van der Waals surface area contributed by atoms with Crippen LogP contribution in [0, 0.1) is 0 Å². The molecule has 1 fully saturated rings. The standard InChI is InChI=1S/C10H9F3N2S/c11-10(12,13)8-4-6(9(14)16)3-7(15-8)5-1-2-5/h3-5H,1-2H2,(H2,14,16). The van der Waals surface area contributed by atoms with Gasteiger partial charge >= 0.3 is 6.18 Å². The van der Waals surface area contributed by atoms with E-state index in [9.17, 15) is 13.2 Å². The average Bonchev–Trinajstić information content (AvgIpc) is 2.98. The molecule has 0 amide bonds. The van der Waals surface area contributed by atoms with Gasteiger partial charge in [0.2, 0.25) is 0 Å². The minimum Gasteiger partial charge on any atom is -0.389 e. The lowest BCUT2D eigenvalue weighted by atomic mass is 10.1. The molecule has 2 nitrogen and oxygen atoms in total. The molecule has 1 aromatic rings. The van der Waals surface area contributed by atoms with Crippen molar-refractivity contribution in [2.75, 3.05) is 0 Å². The van der Waals surface area contributed by atoms with E-state index in [-0.39, 0.29) is 16.5 Å². The van der Waals surface area contributed by atoms with Crippen LogP contribution in [-0.2, 0) is 6.18 Å². The Kier molecular flexibility index (Phi) is 2.61. The Morgan fingerprint density at radius 3 is 2.44 bits per heavy atom. The SMILES string of the molecule is NC(=S)c1cc(C2CC2)nc(C(F)(F)F)c1. The van der Waals surface area contributed by atoms with E-state index in [0.29, 0.717) is 5.69 Å². The highest BCUT2D eigenvalue weighted by Gasteiger charge is 2.35. The van der Waals surface area contributed by atoms with Gasteiger partial charge in [-0.25, -0.2) is 4.98 Å². The van der Waals surface area contributed by atoms with Gasteiger partial charge in [-0.3, -0.25) is 0 Å². The highest BCUT2D eigenvalue weighted by atomic mass is 32.1. The summed E-state index contributed by atoms with van der Waals surface area (Å²) in [6, 6.07) is 2.45. The van der Waals surface area contributed by atoms with Crippen LogP contribution in [0.1, 0.15) is 35.7 Å². The molecule has 6 heteroatoms. The zero-order chi connectivity index (χ0) is 11.9. The third kappa shape index (κ3) is 2.32. The van der Waals surface area contributed by atoms with E-state index in [4.69, 9.17) is 18.0 Å². The molecule has 1 aliphatic carbocycles. The van der Waals surface area contributed by atoms with Crippen LogP contribution in [0.15, 0.2) is 12.1 Å². The van der Waals surface area contributed by atoms with Gasteiger partial charge in [-0.05, 0) is 25.0 Å². The molecule has 2 rings (SSSR count). The summed E-state index contributed by atoms with van der Waals surface area (Å²) in [5.74, 6) is 0.135. The first-order valence-corrected chi connectivity index (χ1v) is 5.18. The van der Waals surface area contributed by atoms with Crippen LogP contribution in [0.3, 0.4) is 0 Å². The van der Waals surface area contributed by atoms with Crippen LogP contribution in [0.25, 0.3) is 0 Å². The van der Waals surface area contributed by atoms with Gasteiger partial charge < -0.3 is 5.73 Å². The first-order valence-electron chi connectivity index (χ1n) is 4.77. The minimum absolute atomic E-state index is 0.0326. The Balaban J connectivity index is 2.48. The summed E-state index contributed by atoms with van der Waals surface area (Å²) in [5, 5.41) is 0. The summed E-state index contributed by atoms with van der Waals surface area (Å²) < 4.78 is 37.6. The Bertz CT molecular complexity index is 438. The summed E-state index contributed by atoms with van der Waals surface area (Å²) >= 11 is 4.69. The lowest BCUT2D eigenvalue weighted by Crippen LogP contribution is -2.15. The fourth-order valence-electron chi connectivity index (χ4n) is 1.43. The molecular weight excluding hydrogens is 237 g/mol. The number of alkyl halides is 3. The molecule has 1 aromatic heterocycles. The van der Waals surface area contributed by atoms with Crippen molar-refractivity contribution in [2.45, 2.75) is 24.9 Å². The first-order chi connectivity index (χ1) is 7.38. The quantitative estimate of drug-likeness (QED) is 0.815. The summed E-state index contributed by atoms with van der Waals surface area (Å²) in [6.45, 7) is 0. The zero-order valence-corrected chi connectivity index (χ0v) is 9.03. The van der Waals surface area contributed by atoms with Crippen LogP contribution in [0.5, 0.6) is 0 Å². The lowest BCUT2D eigenvalue weighted by Gasteiger charge is -2.10. The number of pyridine rings is 1. The second-order valence-corrected chi connectivity index (χ2v) is 4.24. The summed E-state index contributed by atoms with van der Waals surface area (Å²) in [6.07, 6.45) is -2.69. The zero-order valence-electron chi connectivity index (χ0n) is 8.21. The maximum atomic E-state index is 12.5. The van der Waals surface area contributed by atoms with Crippen molar-refractivity contribution in [2.24, 2.45) is 5.73 Å². The number of halogens is 3. The van der Waals surface area contributed by atoms with Crippen LogP contribution in [0.4, 0.5) is 13.2 Å². The second kappa shape index (κ2) is 3.69. The molecule has 0 aliphatic heterocycles. The topological polar surface area (TPSA) is 38.9 Å². The molecule has 0 radical (unpaired) electrons. The Hall–Kier alpha value is -1.17. The number of thiocarbonyl (C=S) groups is 1. The third-order valence-corrected chi connectivity index (χ3v) is 2.65. The predicted octanol–water partition coefficient (Wildman–Crippen LogP) is 2.61. The van der Waals surface area contributed by atoms with Crippen molar-refractivity contribution in [1.29, 1.82) is 0 Å². The van der Waals surface area contributed by atoms with E-state index >= 15 is 0 Å². The van der Waals surface area contributed by atoms with E-state index in [1.165, 1.54) is 0 Å². The normalized spacial score (nSPS) is 16.2. The fourth-order valence-corrected chi connectivity index (χ4v) is 1.55. The summed E-state index contributed by atoms with van der Waals surface area (Å²) in [4.78, 5) is 3.58. The van der Waals surface area contributed by atoms with E-state index in [2.05, 4.69) is 4.98 Å². The average molecular weight is 246 g/mol. The van der Waals surface area contributed by atoms with E-state index in [0.717, 1.165) is 18.9 Å². The van der Waals surface area contributed by atoms with Crippen molar-refractivity contribution in [1.82, 2.24) is 4.98 Å². The molecule has 86 valence electrons. The lowest BCUT2D eigenvalue weighted by molar-refractivity contribution is -0.141. The number of aromatic nitrogens is 1. The molecule has 1 heterocycles. The Labute approximate surface area is 95.7 Å². The molecule has 0 bridgehead atoms. The highest BCUT2D eigenvalue weighted by Crippen LogP contribution is 2.40. The maximum Gasteiger partial charge on any atom is 0.433 e. The second-order valence-electron chi connectivity index (χ2n) is 3.80. The van der Waals surface area contributed by atoms with Gasteiger partial charge in [0.05, 0.1) is 0 Å². The number of hydrogen-bond acceptors (Lipinski definition) is 2. The first kappa shape index (κ1) is 11.3. The molecular formula is C10H9F3N2S. The predicted molar refractivity (Wildman–Crippen MR) is 57.1 cm³/mol. The van der Waals surface area contributed by atoms with Crippen LogP contribution < -0.4 is 5.73 Å². The van der Waals surface area contributed by atoms with Crippen molar-refractivity contribution in [3.8, 4) is 0 Å². The van der Waals surface area contributed by atoms with Gasteiger partial charge in [0, 0.05) is 17.2 Å². The van der Waals surface area contributed by atoms with Crippen molar-refractivity contribution in [3.63, 3.8) is 0 Å². The van der Waals surface area contributed by atoms with Gasteiger partial charge in [-0.2, -0.15) is 13.2 Å². The Morgan fingerprint density at radius 1 is 1.38 bits per heavy atom. The maximum absolute atomic E-state index is 12.5. The van der Waals surface area contributed by atoms with Gasteiger partial charge in [0.1, 0.15) is 10.7 Å². The van der Waals surface area contributed by atoms with Crippen molar-refractivity contribution < 1.29 is 13.2 Å². The molecule has 16 heavy (non-hydrogen) atoms. The van der Waals surface area contributed by atoms with Crippen molar-refractivity contribution >= 4 is 17.2 Å². The number of nitrogens with two attached hydrogens (primary N) is 1. The summed E-state index contributed by atoms with van der Waals surface area (Å²) in [7, 11) is 0. The molecule has 1 saturated carbocycles. The monoisotopic (exact) mass is 246 g/mol. The molecule has 1 aliphatic rings. The van der Waals surface area contributed by atoms with Crippen LogP contribution in [-0.4, -0.2) is 9.97 Å². The van der Waals surface area contributed by atoms with Gasteiger partial charge in [0.15, 0.2) is 0 Å². The van der Waals surface area contributed by atoms with E-state index < -0.39 is 11.9 Å². The van der Waals surface area contributed by atoms with Crippen molar-refractivity contribution in [3.05, 3.63) is 29.1 Å². The van der Waals surface area contributed by atoms with Gasteiger partial charge in [0.25, 0.3) is 0 Å². The fraction of sp³-hybridized carbons (Fsp3) is 0.400. The van der Waals surface area contributed by atoms with E-state index in [1.807, 2.05) is 0 Å². The van der Waals surface area contributed by atoms with Crippen LogP contribution >= 0.6 is 12.2 Å².